The number of hydrogen-bond acceptors (Lipinski definition) is 18. The van der Waals surface area contributed by atoms with E-state index >= 15 is 0 Å². The van der Waals surface area contributed by atoms with Crippen molar-refractivity contribution >= 4 is 104 Å². The van der Waals surface area contributed by atoms with Crippen molar-refractivity contribution in [1.29, 1.82) is 0 Å². The van der Waals surface area contributed by atoms with Crippen LogP contribution in [0.5, 0.6) is 0 Å². The van der Waals surface area contributed by atoms with Crippen molar-refractivity contribution < 1.29 is 67.1 Å². The summed E-state index contributed by atoms with van der Waals surface area (Å²) in [6.07, 6.45) is 12.7. The maximum atomic E-state index is 14.7. The average molecular weight is 1370 g/mol. The number of ketones is 6. The number of hydrogen-bond donors (Lipinski definition) is 13. The van der Waals surface area contributed by atoms with Crippen molar-refractivity contribution in [2.75, 3.05) is 26.2 Å². The third kappa shape index (κ3) is 27.5. The minimum Gasteiger partial charge on any atom is -0.370 e. The molecule has 0 bridgehead atoms. The molecule has 1 aliphatic rings. The number of rotatable bonds is 25. The molecule has 2 aromatic rings. The molecule has 1 aromatic carbocycles. The molecular weight excluding hydrogens is 1260 g/mol. The second-order valence-electron chi connectivity index (χ2n) is 26.6. The molecule has 0 fully saturated rings. The van der Waals surface area contributed by atoms with E-state index in [-0.39, 0.29) is 75.8 Å². The molecule has 0 spiro atoms. The van der Waals surface area contributed by atoms with E-state index in [1.807, 2.05) is 19.9 Å². The second-order valence-corrected chi connectivity index (χ2v) is 27.0. The summed E-state index contributed by atoms with van der Waals surface area (Å²) in [7, 11) is 0. The number of halogens is 1. The Morgan fingerprint density at radius 3 is 1.84 bits per heavy atom. The summed E-state index contributed by atoms with van der Waals surface area (Å²) >= 11 is 6.28. The number of allylic oxidation sites excluding steroid dienone is 2. The summed E-state index contributed by atoms with van der Waals surface area (Å²) in [5.41, 5.74) is 9.38. The topological polar surface area (TPSA) is 427 Å². The predicted molar refractivity (Wildman–Crippen MR) is 364 cm³/mol. The lowest BCUT2D eigenvalue weighted by atomic mass is 9.88. The molecule has 96 heavy (non-hydrogen) atoms. The summed E-state index contributed by atoms with van der Waals surface area (Å²) in [6.45, 7) is 17.5. The van der Waals surface area contributed by atoms with Crippen LogP contribution in [0.2, 0.25) is 5.02 Å². The van der Waals surface area contributed by atoms with Crippen molar-refractivity contribution in [3.05, 3.63) is 47.1 Å². The molecule has 1 aliphatic heterocycles. The molecule has 2 heterocycles. The van der Waals surface area contributed by atoms with Gasteiger partial charge in [-0.05, 0) is 144 Å². The normalized spacial score (nSPS) is 23.7. The fourth-order valence-corrected chi connectivity index (χ4v) is 11.0. The van der Waals surface area contributed by atoms with Crippen LogP contribution in [0, 0.1) is 17.8 Å². The van der Waals surface area contributed by atoms with Gasteiger partial charge in [0.1, 0.15) is 29.4 Å². The summed E-state index contributed by atoms with van der Waals surface area (Å²) in [5, 5.41) is 28.9. The Labute approximate surface area is 568 Å². The van der Waals surface area contributed by atoms with Gasteiger partial charge in [0.15, 0.2) is 5.78 Å². The van der Waals surface area contributed by atoms with Crippen molar-refractivity contribution in [3.8, 4) is 0 Å². The van der Waals surface area contributed by atoms with Crippen LogP contribution in [0.4, 0.5) is 0 Å². The zero-order chi connectivity index (χ0) is 72.2. The van der Waals surface area contributed by atoms with E-state index in [9.17, 15) is 67.1 Å². The van der Waals surface area contributed by atoms with Crippen LogP contribution in [-0.2, 0) is 73.5 Å². The largest absolute Gasteiger partial charge is 0.370 e. The van der Waals surface area contributed by atoms with Crippen LogP contribution in [0.25, 0.3) is 10.9 Å². The number of aromatic amines is 1. The van der Waals surface area contributed by atoms with E-state index in [2.05, 4.69) is 64.2 Å². The van der Waals surface area contributed by atoms with E-state index < -0.39 is 142 Å². The lowest BCUT2D eigenvalue weighted by Gasteiger charge is -2.33. The van der Waals surface area contributed by atoms with E-state index in [1.165, 1.54) is 55.4 Å². The monoisotopic (exact) mass is 1360 g/mol. The van der Waals surface area contributed by atoms with Crippen LogP contribution in [-0.4, -0.2) is 173 Å². The highest BCUT2D eigenvalue weighted by Crippen LogP contribution is 2.25. The summed E-state index contributed by atoms with van der Waals surface area (Å²) < 4.78 is 0. The molecule has 0 saturated carbocycles. The number of aromatic nitrogens is 1. The number of carbonyl (C=O) groups excluding carboxylic acids is 14. The molecule has 0 radical (unpaired) electrons. The summed E-state index contributed by atoms with van der Waals surface area (Å²) in [4.78, 5) is 191. The van der Waals surface area contributed by atoms with Crippen LogP contribution in [0.1, 0.15) is 179 Å². The van der Waals surface area contributed by atoms with Gasteiger partial charge < -0.3 is 59.0 Å². The van der Waals surface area contributed by atoms with Gasteiger partial charge in [-0.25, -0.2) is 0 Å². The Kier molecular flexibility index (Phi) is 34.6. The fourth-order valence-electron chi connectivity index (χ4n) is 10.8. The third-order valence-corrected chi connectivity index (χ3v) is 17.5. The maximum Gasteiger partial charge on any atom is 0.246 e. The van der Waals surface area contributed by atoms with Crippen LogP contribution in [0.15, 0.2) is 36.5 Å². The number of benzene rings is 1. The Morgan fingerprint density at radius 2 is 1.25 bits per heavy atom. The Bertz CT molecular complexity index is 3120. The number of nitrogens with two attached hydrogens (primary N) is 2. The van der Waals surface area contributed by atoms with E-state index in [0.717, 1.165) is 43.9 Å². The minimum atomic E-state index is -1.67. The first-order valence-corrected chi connectivity index (χ1v) is 33.8. The smallest absolute Gasteiger partial charge is 0.246 e. The van der Waals surface area contributed by atoms with E-state index in [4.69, 9.17) is 23.1 Å². The predicted octanol–water partition coefficient (Wildman–Crippen LogP) is 2.35. The highest BCUT2D eigenvalue weighted by atomic mass is 35.5. The lowest BCUT2D eigenvalue weighted by molar-refractivity contribution is -0.140. The van der Waals surface area contributed by atoms with Gasteiger partial charge in [0.2, 0.25) is 70.4 Å². The Balaban J connectivity index is 1.90. The zero-order valence-electron chi connectivity index (χ0n) is 58.0. The first kappa shape index (κ1) is 82.6. The number of primary amides is 2. The number of nitrogens with one attached hydrogen (secondary N) is 11. The molecule has 3 rings (SSSR count). The van der Waals surface area contributed by atoms with Gasteiger partial charge in [-0.3, -0.25) is 77.8 Å². The molecule has 12 atom stereocenters. The number of amides is 8. The SMILES string of the molecule is CC(=O)CN[C@]1(C)CCCCCCCC/C=C/CCC[C@@](C)(C(=O)NC(C)C(=O)N[C@@H](C)C(=O)NC(C)C(=O)N[C@@H](C)C(=O)C(=O)[C@H](C)NC[C@H](C)C(N)=O)NC(=O)[C@H](CC(C)C)CN[C@@H](CCC(N)=O)C(=O)C(=O)C(C)NC(=O)[C@H](Cc2c[nH]c3cc(Cl)ccc23)NCC1=O. The number of Topliss-reactive ketones (excluding diaryl/α,β-unsaturated/α-hetero) is 6. The quantitative estimate of drug-likeness (QED) is 0.0501. The second kappa shape index (κ2) is 40.2. The maximum absolute atomic E-state index is 14.7. The van der Waals surface area contributed by atoms with Gasteiger partial charge in [0.05, 0.1) is 54.8 Å². The fraction of sp³-hybridized carbons (Fsp3) is 0.647. The van der Waals surface area contributed by atoms with Crippen molar-refractivity contribution in [3.63, 3.8) is 0 Å². The summed E-state index contributed by atoms with van der Waals surface area (Å²) in [6, 6.07) is -4.86. The van der Waals surface area contributed by atoms with Gasteiger partial charge in [0.25, 0.3) is 0 Å². The first-order chi connectivity index (χ1) is 45.0. The van der Waals surface area contributed by atoms with Crippen LogP contribution < -0.4 is 64.6 Å². The molecule has 0 saturated heterocycles. The van der Waals surface area contributed by atoms with Gasteiger partial charge in [-0.2, -0.15) is 0 Å². The zero-order valence-corrected chi connectivity index (χ0v) is 58.8. The molecule has 27 nitrogen and oxygen atoms in total. The molecule has 28 heteroatoms. The lowest BCUT2D eigenvalue weighted by Crippen LogP contribution is -2.62. The molecule has 534 valence electrons. The molecule has 15 N–H and O–H groups in total. The molecule has 3 unspecified atom stereocenters. The van der Waals surface area contributed by atoms with Crippen LogP contribution in [0.3, 0.4) is 0 Å². The average Bonchev–Trinajstić information content (AvgIpc) is 1.74. The Hall–Kier alpha value is -7.59. The van der Waals surface area contributed by atoms with Gasteiger partial charge in [0, 0.05) is 47.6 Å². The molecule has 8 amide bonds. The van der Waals surface area contributed by atoms with Gasteiger partial charge >= 0.3 is 0 Å². The minimum absolute atomic E-state index is 0.0205. The highest BCUT2D eigenvalue weighted by Gasteiger charge is 2.40. The molecule has 1 aromatic heterocycles. The standard InChI is InChI=1S/C68H106ClN13O14/c1-38(2)30-48-36-73-51(26-27-55(70)85)59(89)58(88)43(7)78-65(95)53(31-47-35-74-52-32-49(69)24-25-50(47)52)75-37-54(84)67(11,76-34-40(4)83)28-22-20-18-16-14-13-15-17-19-21-23-29-68(12,82-64(48)94)66(96)81-46(10)63(93)80-45(9)62(92)79-44(8)61(91)77-42(6)57(87)56(86)41(5)72-33-39(3)60(71)90/h17,19,24-25,32,35,38-39,41-46,48,51,53,72-76H,13-16,18,20-23,26-31,33-34,36-37H2,1-12H3,(H2,70,85)(H2,71,90)(H,77,91)(H,78,95)(H,79,92)(H,80,93)(H,81,96)(H,82,94)/b19-17+/t39-,41-,42-,43?,44?,45-,46?,48+,51-,53-,67+,68-/m0/s1. The number of fused-ring (bicyclic) bond motifs is 1. The van der Waals surface area contributed by atoms with Crippen molar-refractivity contribution in [2.24, 2.45) is 29.2 Å². The van der Waals surface area contributed by atoms with Gasteiger partial charge in [-0.15, -0.1) is 0 Å². The van der Waals surface area contributed by atoms with Gasteiger partial charge in [-0.1, -0.05) is 82.7 Å². The Morgan fingerprint density at radius 1 is 0.677 bits per heavy atom. The number of H-pyrrole nitrogens is 1. The summed E-state index contributed by atoms with van der Waals surface area (Å²) in [5.74, 6) is -11.9. The van der Waals surface area contributed by atoms with E-state index in [0.29, 0.717) is 41.8 Å². The number of carbonyl (C=O) groups is 14. The van der Waals surface area contributed by atoms with Crippen molar-refractivity contribution in [2.45, 2.75) is 239 Å². The van der Waals surface area contributed by atoms with Crippen molar-refractivity contribution in [1.82, 2.24) is 58.2 Å². The van der Waals surface area contributed by atoms with Crippen LogP contribution >= 0.6 is 11.6 Å². The van der Waals surface area contributed by atoms with E-state index in [1.54, 1.807) is 38.2 Å². The molecule has 0 aliphatic carbocycles. The third-order valence-electron chi connectivity index (χ3n) is 17.3. The molecular formula is C68H106ClN13O14. The first-order valence-electron chi connectivity index (χ1n) is 33.5. The highest BCUT2D eigenvalue weighted by molar-refractivity contribution is 6.41.